The average molecular weight is 313 g/mol. The Morgan fingerprint density at radius 1 is 1.39 bits per heavy atom. The van der Waals surface area contributed by atoms with Crippen LogP contribution in [0.4, 0.5) is 0 Å². The monoisotopic (exact) mass is 313 g/mol. The summed E-state index contributed by atoms with van der Waals surface area (Å²) >= 11 is 0. The zero-order valence-electron chi connectivity index (χ0n) is 13.9. The van der Waals surface area contributed by atoms with Crippen molar-refractivity contribution in [3.8, 4) is 0 Å². The molecule has 0 radical (unpaired) electrons. The molecule has 0 aromatic carbocycles. The maximum absolute atomic E-state index is 12.3. The number of rotatable bonds is 4. The molecule has 23 heavy (non-hydrogen) atoms. The third-order valence-electron chi connectivity index (χ3n) is 4.33. The Bertz CT molecular complexity index is 680. The van der Waals surface area contributed by atoms with Gasteiger partial charge in [0.1, 0.15) is 11.5 Å². The molecule has 0 fully saturated rings. The quantitative estimate of drug-likeness (QED) is 0.937. The van der Waals surface area contributed by atoms with Crippen LogP contribution in [0.2, 0.25) is 0 Å². The Morgan fingerprint density at radius 2 is 2.22 bits per heavy atom. The third-order valence-corrected chi connectivity index (χ3v) is 4.33. The second kappa shape index (κ2) is 6.50. The number of nitrogens with one attached hydrogen (secondary N) is 1. The summed E-state index contributed by atoms with van der Waals surface area (Å²) in [4.78, 5) is 23.5. The summed E-state index contributed by atoms with van der Waals surface area (Å²) in [6, 6.07) is 6.35. The van der Waals surface area contributed by atoms with E-state index in [0.29, 0.717) is 18.3 Å². The number of carbonyl (C=O) groups excluding carboxylic acids is 1. The number of pyridine rings is 1. The molecule has 0 spiro atoms. The van der Waals surface area contributed by atoms with Crippen LogP contribution in [0, 0.1) is 0 Å². The van der Waals surface area contributed by atoms with Gasteiger partial charge >= 0.3 is 0 Å². The minimum Gasteiger partial charge on any atom is -0.345 e. The van der Waals surface area contributed by atoms with Gasteiger partial charge in [-0.3, -0.25) is 14.7 Å². The van der Waals surface area contributed by atoms with Crippen LogP contribution in [0.5, 0.6) is 0 Å². The first-order valence-corrected chi connectivity index (χ1v) is 8.07. The Balaban J connectivity index is 1.70. The zero-order valence-corrected chi connectivity index (χ0v) is 13.9. The van der Waals surface area contributed by atoms with Crippen molar-refractivity contribution >= 4 is 5.91 Å². The van der Waals surface area contributed by atoms with Gasteiger partial charge in [0, 0.05) is 31.5 Å². The Kier molecular flexibility index (Phi) is 4.43. The van der Waals surface area contributed by atoms with Gasteiger partial charge in [0.2, 0.25) is 0 Å². The minimum atomic E-state index is -0.152. The molecular weight excluding hydrogens is 290 g/mol. The van der Waals surface area contributed by atoms with E-state index >= 15 is 0 Å². The summed E-state index contributed by atoms with van der Waals surface area (Å²) in [7, 11) is 0. The highest BCUT2D eigenvalue weighted by Gasteiger charge is 2.28. The molecule has 1 aliphatic rings. The van der Waals surface area contributed by atoms with E-state index in [1.165, 1.54) is 0 Å². The normalized spacial score (nSPS) is 18.0. The molecule has 1 amide bonds. The second-order valence-electron chi connectivity index (χ2n) is 6.19. The molecule has 1 atom stereocenters. The lowest BCUT2D eigenvalue weighted by atomic mass is 10.1. The van der Waals surface area contributed by atoms with Crippen molar-refractivity contribution in [1.29, 1.82) is 0 Å². The maximum Gasteiger partial charge on any atom is 0.271 e. The number of imidazole rings is 1. The van der Waals surface area contributed by atoms with E-state index in [1.807, 2.05) is 24.4 Å². The number of nitrogens with zero attached hydrogens (tertiary/aromatic N) is 4. The highest BCUT2D eigenvalue weighted by Crippen LogP contribution is 2.26. The number of amides is 1. The Morgan fingerprint density at radius 3 is 2.91 bits per heavy atom. The molecule has 1 unspecified atom stereocenters. The molecule has 6 heteroatoms. The van der Waals surface area contributed by atoms with Crippen LogP contribution >= 0.6 is 0 Å². The molecule has 2 aromatic heterocycles. The van der Waals surface area contributed by atoms with Gasteiger partial charge in [-0.25, -0.2) is 4.98 Å². The molecule has 122 valence electrons. The topological polar surface area (TPSA) is 63.1 Å². The molecule has 0 saturated carbocycles. The first-order chi connectivity index (χ1) is 11.1. The van der Waals surface area contributed by atoms with Crippen LogP contribution in [0.3, 0.4) is 0 Å². The molecule has 3 rings (SSSR count). The maximum atomic E-state index is 12.3. The summed E-state index contributed by atoms with van der Waals surface area (Å²) in [6.07, 6.45) is 3.58. The predicted molar refractivity (Wildman–Crippen MR) is 87.9 cm³/mol. The fraction of sp³-hybridized carbons (Fsp3) is 0.471. The third kappa shape index (κ3) is 3.27. The molecular formula is C17H23N5O. The van der Waals surface area contributed by atoms with E-state index in [0.717, 1.165) is 24.6 Å². The van der Waals surface area contributed by atoms with Gasteiger partial charge in [-0.1, -0.05) is 6.07 Å². The van der Waals surface area contributed by atoms with Crippen LogP contribution in [0.15, 0.2) is 30.6 Å². The minimum absolute atomic E-state index is 0.152. The number of carbonyl (C=O) groups is 1. The largest absolute Gasteiger partial charge is 0.345 e. The molecule has 6 nitrogen and oxygen atoms in total. The lowest BCUT2D eigenvalue weighted by molar-refractivity contribution is 0.0945. The van der Waals surface area contributed by atoms with Crippen LogP contribution in [-0.2, 0) is 13.1 Å². The van der Waals surface area contributed by atoms with Crippen molar-refractivity contribution in [2.75, 3.05) is 6.54 Å². The van der Waals surface area contributed by atoms with Crippen molar-refractivity contribution in [3.63, 3.8) is 0 Å². The van der Waals surface area contributed by atoms with Crippen LogP contribution in [0.1, 0.15) is 48.8 Å². The van der Waals surface area contributed by atoms with Gasteiger partial charge in [-0.2, -0.15) is 0 Å². The number of hydrogen-bond donors (Lipinski definition) is 1. The fourth-order valence-electron chi connectivity index (χ4n) is 3.09. The number of fused-ring (bicyclic) bond motifs is 1. The van der Waals surface area contributed by atoms with Crippen LogP contribution < -0.4 is 5.32 Å². The SMILES string of the molecule is CC(C)N1CCn2cc(C(=O)NCc3ccccn3)nc2C1C. The van der Waals surface area contributed by atoms with Gasteiger partial charge in [0.15, 0.2) is 0 Å². The van der Waals surface area contributed by atoms with Gasteiger partial charge in [0.25, 0.3) is 5.91 Å². The van der Waals surface area contributed by atoms with Crippen molar-refractivity contribution < 1.29 is 4.79 Å². The van der Waals surface area contributed by atoms with Crippen molar-refractivity contribution in [1.82, 2.24) is 24.8 Å². The lowest BCUT2D eigenvalue weighted by Gasteiger charge is -2.36. The average Bonchev–Trinajstić information content (AvgIpc) is 2.99. The van der Waals surface area contributed by atoms with Crippen LogP contribution in [0.25, 0.3) is 0 Å². The number of aromatic nitrogens is 3. The Labute approximate surface area is 136 Å². The van der Waals surface area contributed by atoms with Crippen LogP contribution in [-0.4, -0.2) is 37.9 Å². The van der Waals surface area contributed by atoms with Gasteiger partial charge in [-0.15, -0.1) is 0 Å². The summed E-state index contributed by atoms with van der Waals surface area (Å²) in [6.45, 7) is 8.80. The molecule has 1 N–H and O–H groups in total. The summed E-state index contributed by atoms with van der Waals surface area (Å²) in [5.41, 5.74) is 1.32. The summed E-state index contributed by atoms with van der Waals surface area (Å²) < 4.78 is 2.10. The Hall–Kier alpha value is -2.21. The summed E-state index contributed by atoms with van der Waals surface area (Å²) in [5, 5.41) is 2.88. The van der Waals surface area contributed by atoms with E-state index in [9.17, 15) is 4.79 Å². The van der Waals surface area contributed by atoms with E-state index in [4.69, 9.17) is 0 Å². The molecule has 2 aromatic rings. The molecule has 0 aliphatic carbocycles. The summed E-state index contributed by atoms with van der Waals surface area (Å²) in [5.74, 6) is 0.814. The van der Waals surface area contributed by atoms with Gasteiger partial charge in [-0.05, 0) is 32.9 Å². The van der Waals surface area contributed by atoms with E-state index in [1.54, 1.807) is 6.20 Å². The first kappa shape index (κ1) is 15.7. The van der Waals surface area contributed by atoms with E-state index in [2.05, 4.69) is 45.5 Å². The highest BCUT2D eigenvalue weighted by atomic mass is 16.1. The smallest absolute Gasteiger partial charge is 0.271 e. The fourth-order valence-corrected chi connectivity index (χ4v) is 3.09. The van der Waals surface area contributed by atoms with Gasteiger partial charge in [0.05, 0.1) is 18.3 Å². The lowest BCUT2D eigenvalue weighted by Crippen LogP contribution is -2.41. The number of hydrogen-bond acceptors (Lipinski definition) is 4. The molecule has 3 heterocycles. The van der Waals surface area contributed by atoms with E-state index < -0.39 is 0 Å². The van der Waals surface area contributed by atoms with Crippen molar-refractivity contribution in [3.05, 3.63) is 47.8 Å². The van der Waals surface area contributed by atoms with Crippen molar-refractivity contribution in [2.45, 2.75) is 45.9 Å². The first-order valence-electron chi connectivity index (χ1n) is 8.07. The molecule has 0 saturated heterocycles. The van der Waals surface area contributed by atoms with E-state index in [-0.39, 0.29) is 11.9 Å². The van der Waals surface area contributed by atoms with Crippen molar-refractivity contribution in [2.24, 2.45) is 0 Å². The molecule has 0 bridgehead atoms. The predicted octanol–water partition coefficient (Wildman–Crippen LogP) is 1.99. The highest BCUT2D eigenvalue weighted by molar-refractivity contribution is 5.92. The molecule has 1 aliphatic heterocycles. The van der Waals surface area contributed by atoms with Gasteiger partial charge < -0.3 is 9.88 Å². The standard InChI is InChI=1S/C17H23N5O/c1-12(2)22-9-8-21-11-15(20-16(21)13(22)3)17(23)19-10-14-6-4-5-7-18-14/h4-7,11-13H,8-10H2,1-3H3,(H,19,23). The second-order valence-corrected chi connectivity index (χ2v) is 6.19. The zero-order chi connectivity index (χ0) is 16.4.